The number of nitriles is 1. The van der Waals surface area contributed by atoms with Gasteiger partial charge in [-0.2, -0.15) is 5.26 Å². The molecule has 140 valence electrons. The molecule has 2 aromatic carbocycles. The summed E-state index contributed by atoms with van der Waals surface area (Å²) in [4.78, 5) is 0. The molecule has 0 heterocycles. The molecule has 0 spiro atoms. The van der Waals surface area contributed by atoms with Crippen LogP contribution in [0.25, 0.3) is 0 Å². The second kappa shape index (κ2) is 19.6. The molecule has 0 saturated carbocycles. The summed E-state index contributed by atoms with van der Waals surface area (Å²) >= 11 is 0. The number of ether oxygens (including phenoxy) is 1. The fraction of sp³-hybridized carbons (Fsp3) is 0.381. The zero-order valence-corrected chi connectivity index (χ0v) is 16.7. The average molecular weight is 351 g/mol. The van der Waals surface area contributed by atoms with Gasteiger partial charge in [0.15, 0.2) is 11.6 Å². The summed E-state index contributed by atoms with van der Waals surface area (Å²) in [5, 5.41) is 8.41. The van der Waals surface area contributed by atoms with Gasteiger partial charge >= 0.3 is 0 Å². The van der Waals surface area contributed by atoms with Crippen molar-refractivity contribution in [3.8, 4) is 11.8 Å². The van der Waals surface area contributed by atoms with E-state index in [1.54, 1.807) is 18.2 Å². The minimum absolute atomic E-state index is 0.306. The van der Waals surface area contributed by atoms with E-state index in [1.807, 2.05) is 59.7 Å². The van der Waals surface area contributed by atoms with Gasteiger partial charge in [-0.05, 0) is 49.2 Å². The van der Waals surface area contributed by atoms with Crippen LogP contribution in [0, 0.1) is 31.0 Å². The van der Waals surface area contributed by atoms with Crippen LogP contribution in [0.4, 0.5) is 8.78 Å². The van der Waals surface area contributed by atoms with Crippen LogP contribution in [0.3, 0.4) is 0 Å². The second-order valence-corrected chi connectivity index (χ2v) is 4.12. The van der Waals surface area contributed by atoms with E-state index in [-0.39, 0.29) is 5.82 Å². The summed E-state index contributed by atoms with van der Waals surface area (Å²) < 4.78 is 26.9. The maximum atomic E-state index is 12.6. The molecule has 0 aliphatic heterocycles. The highest BCUT2D eigenvalue weighted by atomic mass is 19.1. The number of rotatable bonds is 1. The maximum absolute atomic E-state index is 12.6. The van der Waals surface area contributed by atoms with Crippen LogP contribution in [0.5, 0.6) is 5.75 Å². The number of hydrogen-bond donors (Lipinski definition) is 0. The number of methoxy groups -OCH3 is 1. The number of alkyl halides is 1. The minimum Gasteiger partial charge on any atom is -0.494 e. The molecule has 0 aromatic heterocycles. The highest BCUT2D eigenvalue weighted by Gasteiger charge is 1.99. The molecule has 2 rings (SSSR count). The molecule has 2 nitrogen and oxygen atoms in total. The average Bonchev–Trinajstić information content (AvgIpc) is 2.69. The summed E-state index contributed by atoms with van der Waals surface area (Å²) in [5.74, 6) is -0.00639. The van der Waals surface area contributed by atoms with Crippen molar-refractivity contribution in [1.82, 2.24) is 0 Å². The summed E-state index contributed by atoms with van der Waals surface area (Å²) in [6.45, 7) is 11.9. The van der Waals surface area contributed by atoms with Gasteiger partial charge in [-0.15, -0.1) is 0 Å². The smallest absolute Gasteiger partial charge is 0.165 e. The first-order valence-electron chi connectivity index (χ1n) is 8.21. The van der Waals surface area contributed by atoms with Crippen LogP contribution in [-0.2, 0) is 0 Å². The van der Waals surface area contributed by atoms with Crippen molar-refractivity contribution in [2.75, 3.05) is 14.3 Å². The Kier molecular flexibility index (Phi) is 21.6. The van der Waals surface area contributed by atoms with E-state index in [1.165, 1.54) is 13.2 Å². The van der Waals surface area contributed by atoms with Crippen molar-refractivity contribution in [2.24, 2.45) is 0 Å². The Morgan fingerprint density at radius 2 is 1.40 bits per heavy atom. The number of aryl methyl sites for hydroxylation is 2. The van der Waals surface area contributed by atoms with Crippen LogP contribution in [-0.4, -0.2) is 14.3 Å². The predicted octanol–water partition coefficient (Wildman–Crippen LogP) is 6.65. The molecule has 0 aliphatic rings. The van der Waals surface area contributed by atoms with E-state index in [4.69, 9.17) is 10.00 Å². The number of hydrogen-bond acceptors (Lipinski definition) is 2. The SMILES string of the molecule is CC.CC.CF.COc1cc(C)ccc1F.Cc1cccc(C#N)c1. The molecular formula is C21H31F2NO. The predicted molar refractivity (Wildman–Crippen MR) is 103 cm³/mol. The van der Waals surface area contributed by atoms with E-state index < -0.39 is 0 Å². The summed E-state index contributed by atoms with van der Waals surface area (Å²) in [5.41, 5.74) is 2.86. The first-order chi connectivity index (χ1) is 12.1. The third-order valence-electron chi connectivity index (χ3n) is 2.45. The van der Waals surface area contributed by atoms with E-state index in [0.29, 0.717) is 12.9 Å². The lowest BCUT2D eigenvalue weighted by atomic mass is 10.2. The van der Waals surface area contributed by atoms with Crippen LogP contribution < -0.4 is 4.74 Å². The van der Waals surface area contributed by atoms with Gasteiger partial charge < -0.3 is 4.74 Å². The minimum atomic E-state index is -0.312. The Hall–Kier alpha value is -2.41. The Bertz CT molecular complexity index is 593. The van der Waals surface area contributed by atoms with Gasteiger partial charge in [0.25, 0.3) is 0 Å². The molecule has 0 radical (unpaired) electrons. The molecule has 0 atom stereocenters. The Morgan fingerprint density at radius 3 is 1.76 bits per heavy atom. The van der Waals surface area contributed by atoms with Crippen LogP contribution in [0.15, 0.2) is 42.5 Å². The van der Waals surface area contributed by atoms with E-state index >= 15 is 0 Å². The molecular weight excluding hydrogens is 320 g/mol. The lowest BCUT2D eigenvalue weighted by Crippen LogP contribution is -1.87. The second-order valence-electron chi connectivity index (χ2n) is 4.12. The van der Waals surface area contributed by atoms with Crippen molar-refractivity contribution in [3.05, 3.63) is 65.0 Å². The third-order valence-corrected chi connectivity index (χ3v) is 2.45. The monoisotopic (exact) mass is 351 g/mol. The van der Waals surface area contributed by atoms with E-state index in [2.05, 4.69) is 6.07 Å². The molecule has 4 heteroatoms. The molecule has 25 heavy (non-hydrogen) atoms. The third kappa shape index (κ3) is 13.7. The summed E-state index contributed by atoms with van der Waals surface area (Å²) in [6.07, 6.45) is 0. The highest BCUT2D eigenvalue weighted by Crippen LogP contribution is 2.16. The van der Waals surface area contributed by atoms with Gasteiger partial charge in [0.1, 0.15) is 0 Å². The van der Waals surface area contributed by atoms with Gasteiger partial charge in [0, 0.05) is 0 Å². The molecule has 0 fully saturated rings. The molecule has 2 aromatic rings. The molecule has 0 N–H and O–H groups in total. The van der Waals surface area contributed by atoms with E-state index in [0.717, 1.165) is 16.7 Å². The fourth-order valence-corrected chi connectivity index (χ4v) is 1.48. The van der Waals surface area contributed by atoms with Gasteiger partial charge in [0.05, 0.1) is 25.9 Å². The first-order valence-corrected chi connectivity index (χ1v) is 8.21. The lowest BCUT2D eigenvalue weighted by molar-refractivity contribution is 0.386. The Morgan fingerprint density at radius 1 is 0.880 bits per heavy atom. The van der Waals surface area contributed by atoms with Crippen LogP contribution in [0.2, 0.25) is 0 Å². The van der Waals surface area contributed by atoms with Crippen LogP contribution in [0.1, 0.15) is 44.4 Å². The zero-order chi connectivity index (χ0) is 20.3. The molecule has 0 aliphatic carbocycles. The molecule has 0 saturated heterocycles. The summed E-state index contributed by atoms with van der Waals surface area (Å²) in [7, 11) is 1.96. The number of benzene rings is 2. The molecule has 0 amide bonds. The van der Waals surface area contributed by atoms with Crippen molar-refractivity contribution in [3.63, 3.8) is 0 Å². The number of nitrogens with zero attached hydrogens (tertiary/aromatic N) is 1. The van der Waals surface area contributed by atoms with Gasteiger partial charge in [-0.3, -0.25) is 4.39 Å². The van der Waals surface area contributed by atoms with Crippen molar-refractivity contribution in [2.45, 2.75) is 41.5 Å². The topological polar surface area (TPSA) is 33.0 Å². The fourth-order valence-electron chi connectivity index (χ4n) is 1.48. The Balaban J connectivity index is -0.000000299. The van der Waals surface area contributed by atoms with Gasteiger partial charge in [-0.25, -0.2) is 4.39 Å². The normalized spacial score (nSPS) is 7.56. The molecule has 0 bridgehead atoms. The molecule has 0 unspecified atom stereocenters. The number of halogens is 2. The standard InChI is InChI=1S/C8H9FO.C8H7N.2C2H6.CH3F/c1-6-3-4-7(9)8(5-6)10-2;1-7-3-2-4-8(5-7)6-9;3*1-2/h3-5H,1-2H3;2-5H,1H3;2*1-2H3;1H3. The lowest BCUT2D eigenvalue weighted by Gasteiger charge is -2.00. The van der Waals surface area contributed by atoms with E-state index in [9.17, 15) is 8.78 Å². The first kappa shape index (κ1) is 27.4. The van der Waals surface area contributed by atoms with Crippen molar-refractivity contribution >= 4 is 0 Å². The maximum Gasteiger partial charge on any atom is 0.165 e. The summed E-state index contributed by atoms with van der Waals surface area (Å²) in [6, 6.07) is 14.3. The Labute approximate surface area is 152 Å². The zero-order valence-electron chi connectivity index (χ0n) is 16.7. The van der Waals surface area contributed by atoms with Crippen molar-refractivity contribution in [1.29, 1.82) is 5.26 Å². The highest BCUT2D eigenvalue weighted by molar-refractivity contribution is 5.31. The van der Waals surface area contributed by atoms with Gasteiger partial charge in [-0.1, -0.05) is 45.9 Å². The largest absolute Gasteiger partial charge is 0.494 e. The quantitative estimate of drug-likeness (QED) is 0.576. The van der Waals surface area contributed by atoms with Crippen LogP contribution >= 0.6 is 0 Å². The van der Waals surface area contributed by atoms with Gasteiger partial charge in [0.2, 0.25) is 0 Å². The van der Waals surface area contributed by atoms with Crippen molar-refractivity contribution < 1.29 is 13.5 Å².